The van der Waals surface area contributed by atoms with Crippen molar-refractivity contribution in [3.8, 4) is 0 Å². The van der Waals surface area contributed by atoms with E-state index in [-0.39, 0.29) is 11.2 Å². The number of halogens is 1. The molecule has 0 saturated heterocycles. The highest BCUT2D eigenvalue weighted by molar-refractivity contribution is 9.10. The van der Waals surface area contributed by atoms with Crippen LogP contribution in [-0.4, -0.2) is 22.0 Å². The van der Waals surface area contributed by atoms with Crippen LogP contribution in [0.25, 0.3) is 0 Å². The molecule has 1 saturated carbocycles. The van der Waals surface area contributed by atoms with Gasteiger partial charge in [-0.2, -0.15) is 0 Å². The second-order valence-electron chi connectivity index (χ2n) is 4.59. The molecule has 18 heavy (non-hydrogen) atoms. The monoisotopic (exact) mass is 314 g/mol. The Bertz CT molecular complexity index is 460. The Morgan fingerprint density at radius 2 is 2.22 bits per heavy atom. The van der Waals surface area contributed by atoms with E-state index in [9.17, 15) is 10.1 Å². The predicted molar refractivity (Wildman–Crippen MR) is 72.5 cm³/mol. The van der Waals surface area contributed by atoms with Crippen LogP contribution in [0.2, 0.25) is 0 Å². The molecule has 1 heterocycles. The number of nitrogens with one attached hydrogen (secondary N) is 1. The Morgan fingerprint density at radius 1 is 1.56 bits per heavy atom. The molecule has 98 valence electrons. The van der Waals surface area contributed by atoms with E-state index in [4.69, 9.17) is 5.73 Å². The first-order valence-electron chi connectivity index (χ1n) is 5.84. The Morgan fingerprint density at radius 3 is 2.78 bits per heavy atom. The Kier molecular flexibility index (Phi) is 3.82. The zero-order chi connectivity index (χ0) is 13.2. The first-order chi connectivity index (χ1) is 8.56. The zero-order valence-corrected chi connectivity index (χ0v) is 11.4. The number of hydrogen-bond donors (Lipinski definition) is 2. The zero-order valence-electron chi connectivity index (χ0n) is 9.86. The van der Waals surface area contributed by atoms with Gasteiger partial charge in [0.1, 0.15) is 0 Å². The molecular weight excluding hydrogens is 300 g/mol. The summed E-state index contributed by atoms with van der Waals surface area (Å²) < 4.78 is 0.591. The lowest BCUT2D eigenvalue weighted by Crippen LogP contribution is -2.43. The highest BCUT2D eigenvalue weighted by atomic mass is 79.9. The molecule has 1 aromatic heterocycles. The molecule has 0 aromatic carbocycles. The second-order valence-corrected chi connectivity index (χ2v) is 5.51. The van der Waals surface area contributed by atoms with Crippen LogP contribution < -0.4 is 11.1 Å². The lowest BCUT2D eigenvalue weighted by Gasteiger charge is -2.29. The van der Waals surface area contributed by atoms with Crippen molar-refractivity contribution in [2.75, 3.05) is 11.9 Å². The van der Waals surface area contributed by atoms with Gasteiger partial charge in [-0.25, -0.2) is 4.98 Å². The number of pyridine rings is 1. The molecule has 2 rings (SSSR count). The summed E-state index contributed by atoms with van der Waals surface area (Å²) in [6, 6.07) is 1.45. The third-order valence-electron chi connectivity index (χ3n) is 3.37. The number of nitro groups is 1. The molecule has 0 atom stereocenters. The molecule has 1 aliphatic rings. The summed E-state index contributed by atoms with van der Waals surface area (Å²) in [4.78, 5) is 14.7. The van der Waals surface area contributed by atoms with Gasteiger partial charge < -0.3 is 11.1 Å². The molecular formula is C11H15BrN4O2. The van der Waals surface area contributed by atoms with E-state index in [2.05, 4.69) is 26.2 Å². The first kappa shape index (κ1) is 13.2. The molecule has 0 amide bonds. The average molecular weight is 315 g/mol. The van der Waals surface area contributed by atoms with E-state index in [1.165, 1.54) is 6.07 Å². The van der Waals surface area contributed by atoms with Crippen molar-refractivity contribution in [3.63, 3.8) is 0 Å². The van der Waals surface area contributed by atoms with Crippen molar-refractivity contribution in [2.45, 2.75) is 31.2 Å². The maximum absolute atomic E-state index is 11.0. The van der Waals surface area contributed by atoms with Gasteiger partial charge >= 0.3 is 5.69 Å². The maximum atomic E-state index is 11.0. The van der Waals surface area contributed by atoms with E-state index in [0.29, 0.717) is 16.8 Å². The normalized spacial score (nSPS) is 17.7. The van der Waals surface area contributed by atoms with Crippen LogP contribution in [0.4, 0.5) is 11.5 Å². The molecule has 0 radical (unpaired) electrons. The SMILES string of the molecule is NCC1(Nc2ncc(Br)cc2[N+](=O)[O-])CCCC1. The minimum atomic E-state index is -0.431. The number of nitrogens with zero attached hydrogens (tertiary/aromatic N) is 2. The lowest BCUT2D eigenvalue weighted by atomic mass is 9.98. The molecule has 0 aliphatic heterocycles. The van der Waals surface area contributed by atoms with Gasteiger partial charge in [0.25, 0.3) is 0 Å². The van der Waals surface area contributed by atoms with E-state index in [0.717, 1.165) is 25.7 Å². The fourth-order valence-corrected chi connectivity index (χ4v) is 2.67. The van der Waals surface area contributed by atoms with Gasteiger partial charge in [0.05, 0.1) is 10.5 Å². The standard InChI is InChI=1S/C11H15BrN4O2/c12-8-5-9(16(17)18)10(14-6-8)15-11(7-13)3-1-2-4-11/h5-6H,1-4,7,13H2,(H,14,15). The van der Waals surface area contributed by atoms with Crippen LogP contribution in [0.1, 0.15) is 25.7 Å². The van der Waals surface area contributed by atoms with Gasteiger partial charge in [-0.15, -0.1) is 0 Å². The molecule has 0 spiro atoms. The van der Waals surface area contributed by atoms with Crippen LogP contribution >= 0.6 is 15.9 Å². The molecule has 3 N–H and O–H groups in total. The van der Waals surface area contributed by atoms with E-state index in [1.54, 1.807) is 6.20 Å². The maximum Gasteiger partial charge on any atom is 0.312 e. The first-order valence-corrected chi connectivity index (χ1v) is 6.64. The summed E-state index contributed by atoms with van der Waals surface area (Å²) in [5.41, 5.74) is 5.53. The predicted octanol–water partition coefficient (Wildman–Crippen LogP) is 2.44. The number of anilines is 1. The molecule has 1 aromatic rings. The molecule has 0 unspecified atom stereocenters. The summed E-state index contributed by atoms with van der Waals surface area (Å²) in [5, 5.41) is 14.2. The van der Waals surface area contributed by atoms with Gasteiger partial charge in [-0.1, -0.05) is 12.8 Å². The quantitative estimate of drug-likeness (QED) is 0.657. The van der Waals surface area contributed by atoms with Gasteiger partial charge in [0.2, 0.25) is 5.82 Å². The van der Waals surface area contributed by atoms with Gasteiger partial charge in [0.15, 0.2) is 0 Å². The van der Waals surface area contributed by atoms with Crippen molar-refractivity contribution in [2.24, 2.45) is 5.73 Å². The highest BCUT2D eigenvalue weighted by Gasteiger charge is 2.34. The number of hydrogen-bond acceptors (Lipinski definition) is 5. The molecule has 1 fully saturated rings. The van der Waals surface area contributed by atoms with Crippen molar-refractivity contribution in [3.05, 3.63) is 26.9 Å². The third kappa shape index (κ3) is 2.62. The summed E-state index contributed by atoms with van der Waals surface area (Å²) >= 11 is 3.19. The molecule has 6 nitrogen and oxygen atoms in total. The molecule has 7 heteroatoms. The minimum absolute atomic E-state index is 0.0240. The lowest BCUT2D eigenvalue weighted by molar-refractivity contribution is -0.384. The van der Waals surface area contributed by atoms with Gasteiger partial charge in [-0.3, -0.25) is 10.1 Å². The minimum Gasteiger partial charge on any atom is -0.358 e. The van der Waals surface area contributed by atoms with E-state index in [1.807, 2.05) is 0 Å². The van der Waals surface area contributed by atoms with Crippen LogP contribution in [-0.2, 0) is 0 Å². The van der Waals surface area contributed by atoms with Gasteiger partial charge in [0, 0.05) is 23.3 Å². The second kappa shape index (κ2) is 5.19. The van der Waals surface area contributed by atoms with E-state index < -0.39 is 4.92 Å². The average Bonchev–Trinajstić information content (AvgIpc) is 2.80. The fourth-order valence-electron chi connectivity index (χ4n) is 2.35. The van der Waals surface area contributed by atoms with Crippen molar-refractivity contribution >= 4 is 27.4 Å². The number of rotatable bonds is 4. The van der Waals surface area contributed by atoms with Crippen LogP contribution in [0.15, 0.2) is 16.7 Å². The Labute approximate surface area is 113 Å². The van der Waals surface area contributed by atoms with Crippen LogP contribution in [0.5, 0.6) is 0 Å². The largest absolute Gasteiger partial charge is 0.358 e. The molecule has 1 aliphatic carbocycles. The smallest absolute Gasteiger partial charge is 0.312 e. The van der Waals surface area contributed by atoms with Crippen molar-refractivity contribution < 1.29 is 4.92 Å². The van der Waals surface area contributed by atoms with Crippen molar-refractivity contribution in [1.29, 1.82) is 0 Å². The highest BCUT2D eigenvalue weighted by Crippen LogP contribution is 2.35. The van der Waals surface area contributed by atoms with E-state index >= 15 is 0 Å². The summed E-state index contributed by atoms with van der Waals surface area (Å²) in [7, 11) is 0. The Hall–Kier alpha value is -1.21. The topological polar surface area (TPSA) is 94.1 Å². The summed E-state index contributed by atoms with van der Waals surface area (Å²) in [6.07, 6.45) is 5.59. The summed E-state index contributed by atoms with van der Waals surface area (Å²) in [5.74, 6) is 0.301. The van der Waals surface area contributed by atoms with Gasteiger partial charge in [-0.05, 0) is 28.8 Å². The fraction of sp³-hybridized carbons (Fsp3) is 0.545. The molecule has 0 bridgehead atoms. The number of nitrogens with two attached hydrogens (primary N) is 1. The van der Waals surface area contributed by atoms with Crippen LogP contribution in [0, 0.1) is 10.1 Å². The number of aromatic nitrogens is 1. The van der Waals surface area contributed by atoms with Crippen molar-refractivity contribution in [1.82, 2.24) is 4.98 Å². The van der Waals surface area contributed by atoms with Crippen LogP contribution in [0.3, 0.4) is 0 Å². The third-order valence-corrected chi connectivity index (χ3v) is 3.80. The Balaban J connectivity index is 2.30. The summed E-state index contributed by atoms with van der Waals surface area (Å²) in [6.45, 7) is 0.460.